The number of anilines is 1. The van der Waals surface area contributed by atoms with E-state index in [1.54, 1.807) is 6.07 Å². The van der Waals surface area contributed by atoms with Crippen LogP contribution in [-0.2, 0) is 11.3 Å². The minimum atomic E-state index is 0.362. The molecule has 0 aliphatic carbocycles. The van der Waals surface area contributed by atoms with Crippen LogP contribution in [0.25, 0.3) is 0 Å². The fourth-order valence-electron chi connectivity index (χ4n) is 1.09. The number of hydrogen-bond acceptors (Lipinski definition) is 4. The van der Waals surface area contributed by atoms with Crippen LogP contribution in [0.4, 0.5) is 5.82 Å². The first-order valence-corrected chi connectivity index (χ1v) is 4.84. The Morgan fingerprint density at radius 3 is 2.71 bits per heavy atom. The summed E-state index contributed by atoms with van der Waals surface area (Å²) in [5.74, 6) is 1.54. The van der Waals surface area contributed by atoms with Crippen LogP contribution in [0.3, 0.4) is 0 Å². The van der Waals surface area contributed by atoms with Gasteiger partial charge < -0.3 is 10.5 Å². The number of nitrogen functional groups attached to an aromatic ring is 1. The van der Waals surface area contributed by atoms with Crippen molar-refractivity contribution in [2.45, 2.75) is 33.3 Å². The molecule has 0 aromatic carbocycles. The van der Waals surface area contributed by atoms with Gasteiger partial charge in [-0.1, -0.05) is 13.8 Å². The van der Waals surface area contributed by atoms with Crippen molar-refractivity contribution in [1.29, 1.82) is 0 Å². The van der Waals surface area contributed by atoms with E-state index < -0.39 is 0 Å². The molecule has 4 nitrogen and oxygen atoms in total. The monoisotopic (exact) mass is 195 g/mol. The maximum absolute atomic E-state index is 5.66. The zero-order chi connectivity index (χ0) is 10.6. The predicted molar refractivity (Wildman–Crippen MR) is 55.9 cm³/mol. The van der Waals surface area contributed by atoms with Crippen molar-refractivity contribution >= 4 is 5.82 Å². The van der Waals surface area contributed by atoms with E-state index in [0.29, 0.717) is 30.8 Å². The van der Waals surface area contributed by atoms with Gasteiger partial charge in [-0.15, -0.1) is 0 Å². The standard InChI is InChI=1S/C10H17N3O/c1-4-14-6-10-12-8(7(2)3)5-9(11)13-10/h5,7H,4,6H2,1-3H3,(H2,11,12,13). The lowest BCUT2D eigenvalue weighted by molar-refractivity contribution is 0.128. The van der Waals surface area contributed by atoms with Crippen molar-refractivity contribution < 1.29 is 4.74 Å². The Bertz CT molecular complexity index is 299. The molecule has 4 heteroatoms. The maximum atomic E-state index is 5.66. The topological polar surface area (TPSA) is 61.0 Å². The highest BCUT2D eigenvalue weighted by Crippen LogP contribution is 2.13. The summed E-state index contributed by atoms with van der Waals surface area (Å²) in [4.78, 5) is 8.45. The number of nitrogens with zero attached hydrogens (tertiary/aromatic N) is 2. The zero-order valence-corrected chi connectivity index (χ0v) is 8.95. The lowest BCUT2D eigenvalue weighted by atomic mass is 10.1. The van der Waals surface area contributed by atoms with Crippen LogP contribution in [0.15, 0.2) is 6.07 Å². The largest absolute Gasteiger partial charge is 0.384 e. The summed E-state index contributed by atoms with van der Waals surface area (Å²) in [6.45, 7) is 7.19. The summed E-state index contributed by atoms with van der Waals surface area (Å²) in [6.07, 6.45) is 0. The Kier molecular flexibility index (Phi) is 3.83. The van der Waals surface area contributed by atoms with Crippen molar-refractivity contribution in [3.05, 3.63) is 17.6 Å². The Morgan fingerprint density at radius 2 is 2.14 bits per heavy atom. The summed E-state index contributed by atoms with van der Waals surface area (Å²) in [5, 5.41) is 0. The van der Waals surface area contributed by atoms with Crippen LogP contribution in [0.1, 0.15) is 38.2 Å². The minimum absolute atomic E-state index is 0.362. The lowest BCUT2D eigenvalue weighted by Crippen LogP contribution is -2.06. The summed E-state index contributed by atoms with van der Waals surface area (Å²) in [7, 11) is 0. The third-order valence-corrected chi connectivity index (χ3v) is 1.84. The van der Waals surface area contributed by atoms with E-state index in [-0.39, 0.29) is 0 Å². The van der Waals surface area contributed by atoms with E-state index >= 15 is 0 Å². The first-order valence-electron chi connectivity index (χ1n) is 4.84. The van der Waals surface area contributed by atoms with E-state index in [4.69, 9.17) is 10.5 Å². The quantitative estimate of drug-likeness (QED) is 0.794. The van der Waals surface area contributed by atoms with Crippen LogP contribution in [0, 0.1) is 0 Å². The Balaban J connectivity index is 2.84. The average Bonchev–Trinajstić information content (AvgIpc) is 2.14. The molecule has 0 saturated heterocycles. The van der Waals surface area contributed by atoms with E-state index in [1.165, 1.54) is 0 Å². The highest BCUT2D eigenvalue weighted by Gasteiger charge is 2.05. The number of rotatable bonds is 4. The van der Waals surface area contributed by atoms with E-state index in [0.717, 1.165) is 5.69 Å². The van der Waals surface area contributed by atoms with E-state index in [1.807, 2.05) is 6.92 Å². The van der Waals surface area contributed by atoms with E-state index in [9.17, 15) is 0 Å². The van der Waals surface area contributed by atoms with Crippen molar-refractivity contribution in [2.75, 3.05) is 12.3 Å². The molecule has 1 aromatic rings. The molecule has 14 heavy (non-hydrogen) atoms. The molecule has 0 atom stereocenters. The molecule has 1 aromatic heterocycles. The van der Waals surface area contributed by atoms with Crippen LogP contribution in [0.5, 0.6) is 0 Å². The van der Waals surface area contributed by atoms with Gasteiger partial charge in [0.25, 0.3) is 0 Å². The fraction of sp³-hybridized carbons (Fsp3) is 0.600. The Labute approximate surface area is 84.5 Å². The predicted octanol–water partition coefficient (Wildman–Crippen LogP) is 1.72. The molecule has 0 saturated carbocycles. The van der Waals surface area contributed by atoms with Crippen molar-refractivity contribution in [3.8, 4) is 0 Å². The van der Waals surface area contributed by atoms with Gasteiger partial charge in [-0.25, -0.2) is 9.97 Å². The summed E-state index contributed by atoms with van der Waals surface area (Å²) < 4.78 is 5.23. The maximum Gasteiger partial charge on any atom is 0.156 e. The molecule has 0 unspecified atom stereocenters. The smallest absolute Gasteiger partial charge is 0.156 e. The summed E-state index contributed by atoms with van der Waals surface area (Å²) in [5.41, 5.74) is 6.63. The Hall–Kier alpha value is -1.16. The third kappa shape index (κ3) is 2.96. The summed E-state index contributed by atoms with van der Waals surface area (Å²) in [6, 6.07) is 1.81. The zero-order valence-electron chi connectivity index (χ0n) is 8.95. The number of nitrogens with two attached hydrogens (primary N) is 1. The fourth-order valence-corrected chi connectivity index (χ4v) is 1.09. The second kappa shape index (κ2) is 4.91. The van der Waals surface area contributed by atoms with E-state index in [2.05, 4.69) is 23.8 Å². The first-order chi connectivity index (χ1) is 6.63. The Morgan fingerprint density at radius 1 is 1.43 bits per heavy atom. The highest BCUT2D eigenvalue weighted by atomic mass is 16.5. The first kappa shape index (κ1) is 10.9. The molecule has 0 radical (unpaired) electrons. The van der Waals surface area contributed by atoms with Gasteiger partial charge in [0.15, 0.2) is 5.82 Å². The molecule has 0 bridgehead atoms. The number of ether oxygens (including phenoxy) is 1. The van der Waals surface area contributed by atoms with Gasteiger partial charge in [0, 0.05) is 18.4 Å². The van der Waals surface area contributed by atoms with Gasteiger partial charge in [-0.3, -0.25) is 0 Å². The molecule has 0 fully saturated rings. The highest BCUT2D eigenvalue weighted by molar-refractivity contribution is 5.30. The molecule has 0 spiro atoms. The summed E-state index contributed by atoms with van der Waals surface area (Å²) >= 11 is 0. The second-order valence-electron chi connectivity index (χ2n) is 3.43. The SMILES string of the molecule is CCOCc1nc(N)cc(C(C)C)n1. The molecule has 0 amide bonds. The number of hydrogen-bond donors (Lipinski definition) is 1. The van der Waals surface area contributed by atoms with Crippen LogP contribution in [-0.4, -0.2) is 16.6 Å². The lowest BCUT2D eigenvalue weighted by Gasteiger charge is -2.07. The van der Waals surface area contributed by atoms with Gasteiger partial charge in [0.1, 0.15) is 12.4 Å². The number of aromatic nitrogens is 2. The molecule has 1 rings (SSSR count). The molecule has 1 heterocycles. The van der Waals surface area contributed by atoms with Crippen molar-refractivity contribution in [1.82, 2.24) is 9.97 Å². The molecular formula is C10H17N3O. The molecule has 0 aliphatic heterocycles. The molecular weight excluding hydrogens is 178 g/mol. The second-order valence-corrected chi connectivity index (χ2v) is 3.43. The van der Waals surface area contributed by atoms with Crippen molar-refractivity contribution in [2.24, 2.45) is 0 Å². The van der Waals surface area contributed by atoms with Gasteiger partial charge in [-0.2, -0.15) is 0 Å². The molecule has 0 aliphatic rings. The van der Waals surface area contributed by atoms with Crippen molar-refractivity contribution in [3.63, 3.8) is 0 Å². The normalized spacial score (nSPS) is 10.9. The van der Waals surface area contributed by atoms with Gasteiger partial charge in [-0.05, 0) is 12.8 Å². The molecule has 78 valence electrons. The van der Waals surface area contributed by atoms with Gasteiger partial charge in [0.05, 0.1) is 0 Å². The van der Waals surface area contributed by atoms with Crippen LogP contribution >= 0.6 is 0 Å². The van der Waals surface area contributed by atoms with Crippen LogP contribution < -0.4 is 5.73 Å². The minimum Gasteiger partial charge on any atom is -0.384 e. The third-order valence-electron chi connectivity index (χ3n) is 1.84. The molecule has 2 N–H and O–H groups in total. The van der Waals surface area contributed by atoms with Gasteiger partial charge in [0.2, 0.25) is 0 Å². The van der Waals surface area contributed by atoms with Gasteiger partial charge >= 0.3 is 0 Å². The average molecular weight is 195 g/mol. The van der Waals surface area contributed by atoms with Crippen LogP contribution in [0.2, 0.25) is 0 Å².